The molecular formula is C21H17N3O4. The molecule has 0 radical (unpaired) electrons. The molecule has 0 saturated heterocycles. The first-order valence-electron chi connectivity index (χ1n) is 8.37. The molecule has 28 heavy (non-hydrogen) atoms. The molecule has 0 aliphatic carbocycles. The van der Waals surface area contributed by atoms with Gasteiger partial charge in [-0.05, 0) is 36.4 Å². The van der Waals surface area contributed by atoms with E-state index in [2.05, 4.69) is 22.1 Å². The van der Waals surface area contributed by atoms with Crippen molar-refractivity contribution in [3.63, 3.8) is 0 Å². The molecule has 3 rings (SSSR count). The summed E-state index contributed by atoms with van der Waals surface area (Å²) in [5.74, 6) is 5.36. The van der Waals surface area contributed by atoms with E-state index < -0.39 is 5.91 Å². The van der Waals surface area contributed by atoms with Crippen LogP contribution in [0.15, 0.2) is 54.6 Å². The molecule has 2 aromatic carbocycles. The van der Waals surface area contributed by atoms with Crippen molar-refractivity contribution in [2.45, 2.75) is 0 Å². The van der Waals surface area contributed by atoms with Crippen LogP contribution in [0.3, 0.4) is 0 Å². The molecule has 0 spiro atoms. The summed E-state index contributed by atoms with van der Waals surface area (Å²) < 4.78 is 5.34. The molecule has 0 fully saturated rings. The molecule has 3 N–H and O–H groups in total. The highest BCUT2D eigenvalue weighted by atomic mass is 16.5. The maximum Gasteiger partial charge on any atom is 0.274 e. The summed E-state index contributed by atoms with van der Waals surface area (Å²) in [6, 6.07) is 15.4. The number of amides is 2. The number of hydrogen-bond donors (Lipinski definition) is 3. The summed E-state index contributed by atoms with van der Waals surface area (Å²) in [5.41, 5.74) is 3.47. The van der Waals surface area contributed by atoms with Gasteiger partial charge in [0.2, 0.25) is 0 Å². The molecule has 140 valence electrons. The van der Waals surface area contributed by atoms with Gasteiger partial charge >= 0.3 is 0 Å². The van der Waals surface area contributed by atoms with Gasteiger partial charge in [-0.2, -0.15) is 0 Å². The Kier molecular flexibility index (Phi) is 5.84. The number of pyridine rings is 1. The van der Waals surface area contributed by atoms with Crippen LogP contribution in [0.2, 0.25) is 0 Å². The molecule has 3 aromatic rings. The average Bonchev–Trinajstić information content (AvgIpc) is 2.75. The average molecular weight is 375 g/mol. The number of benzene rings is 2. The Morgan fingerprint density at radius 3 is 2.57 bits per heavy atom. The van der Waals surface area contributed by atoms with E-state index in [9.17, 15) is 9.59 Å². The zero-order chi connectivity index (χ0) is 19.9. The Balaban J connectivity index is 1.66. The Labute approximate surface area is 161 Å². The normalized spacial score (nSPS) is 9.93. The lowest BCUT2D eigenvalue weighted by atomic mass is 10.1. The number of hydroxylamine groups is 1. The summed E-state index contributed by atoms with van der Waals surface area (Å²) in [7, 11) is 1.55. The standard InChI is InChI=1S/C21H17N3O4/c1-28-19-13-18(23-17-7-3-2-6-16(17)19)21(26)22-12-4-5-14-8-10-15(11-9-14)20(25)24-27/h2-3,6-11,13,27H,12H2,1H3,(H,22,26)(H,24,25). The van der Waals surface area contributed by atoms with Crippen LogP contribution in [0.25, 0.3) is 10.9 Å². The SMILES string of the molecule is COc1cc(C(=O)NCC#Cc2ccc(C(=O)NO)cc2)nc2ccccc12. The number of para-hydroxylation sites is 1. The highest BCUT2D eigenvalue weighted by Crippen LogP contribution is 2.24. The predicted octanol–water partition coefficient (Wildman–Crippen LogP) is 2.14. The highest BCUT2D eigenvalue weighted by Gasteiger charge is 2.11. The summed E-state index contributed by atoms with van der Waals surface area (Å²) in [4.78, 5) is 28.0. The van der Waals surface area contributed by atoms with Gasteiger partial charge in [0, 0.05) is 22.6 Å². The van der Waals surface area contributed by atoms with Crippen LogP contribution in [0.4, 0.5) is 0 Å². The van der Waals surface area contributed by atoms with Crippen LogP contribution >= 0.6 is 0 Å². The van der Waals surface area contributed by atoms with E-state index in [0.717, 1.165) is 5.39 Å². The summed E-state index contributed by atoms with van der Waals surface area (Å²) in [6.07, 6.45) is 0. The van der Waals surface area contributed by atoms with Gasteiger partial charge in [0.05, 0.1) is 19.2 Å². The van der Waals surface area contributed by atoms with Crippen molar-refractivity contribution >= 4 is 22.7 Å². The number of ether oxygens (including phenoxy) is 1. The van der Waals surface area contributed by atoms with Crippen molar-refractivity contribution in [1.82, 2.24) is 15.8 Å². The lowest BCUT2D eigenvalue weighted by molar-refractivity contribution is 0.0706. The monoisotopic (exact) mass is 375 g/mol. The van der Waals surface area contributed by atoms with E-state index in [4.69, 9.17) is 9.94 Å². The first kappa shape index (κ1) is 18.9. The van der Waals surface area contributed by atoms with Crippen LogP contribution in [0.5, 0.6) is 5.75 Å². The van der Waals surface area contributed by atoms with Crippen LogP contribution in [-0.4, -0.2) is 35.7 Å². The smallest absolute Gasteiger partial charge is 0.274 e. The molecule has 7 nitrogen and oxygen atoms in total. The number of methoxy groups -OCH3 is 1. The largest absolute Gasteiger partial charge is 0.496 e. The molecule has 0 aliphatic heterocycles. The molecular weight excluding hydrogens is 358 g/mol. The van der Waals surface area contributed by atoms with Crippen molar-refractivity contribution in [2.24, 2.45) is 0 Å². The minimum absolute atomic E-state index is 0.133. The molecule has 7 heteroatoms. The number of nitrogens with zero attached hydrogens (tertiary/aromatic N) is 1. The van der Waals surface area contributed by atoms with Gasteiger partial charge in [-0.3, -0.25) is 14.8 Å². The first-order chi connectivity index (χ1) is 13.6. The summed E-state index contributed by atoms with van der Waals surface area (Å²) in [5, 5.41) is 12.1. The van der Waals surface area contributed by atoms with Crippen molar-refractivity contribution in [3.05, 3.63) is 71.4 Å². The number of fused-ring (bicyclic) bond motifs is 1. The quantitative estimate of drug-likeness (QED) is 0.369. The fourth-order valence-corrected chi connectivity index (χ4v) is 2.56. The second kappa shape index (κ2) is 8.66. The maximum atomic E-state index is 12.4. The highest BCUT2D eigenvalue weighted by molar-refractivity contribution is 5.97. The Bertz CT molecular complexity index is 1080. The van der Waals surface area contributed by atoms with Crippen LogP contribution in [0, 0.1) is 11.8 Å². The van der Waals surface area contributed by atoms with Crippen LogP contribution in [-0.2, 0) is 0 Å². The maximum absolute atomic E-state index is 12.4. The minimum Gasteiger partial charge on any atom is -0.496 e. The van der Waals surface area contributed by atoms with E-state index in [1.54, 1.807) is 42.9 Å². The van der Waals surface area contributed by atoms with Gasteiger partial charge in [0.1, 0.15) is 11.4 Å². The van der Waals surface area contributed by atoms with Crippen molar-refractivity contribution < 1.29 is 19.5 Å². The van der Waals surface area contributed by atoms with Gasteiger partial charge in [0.15, 0.2) is 0 Å². The fourth-order valence-electron chi connectivity index (χ4n) is 2.56. The molecule has 2 amide bonds. The number of hydrogen-bond acceptors (Lipinski definition) is 5. The number of carbonyl (C=O) groups is 2. The van der Waals surface area contributed by atoms with E-state index >= 15 is 0 Å². The zero-order valence-electron chi connectivity index (χ0n) is 15.0. The lowest BCUT2D eigenvalue weighted by Gasteiger charge is -2.08. The molecule has 0 bridgehead atoms. The van der Waals surface area contributed by atoms with Gasteiger partial charge in [-0.1, -0.05) is 24.0 Å². The van der Waals surface area contributed by atoms with E-state index in [0.29, 0.717) is 22.4 Å². The fraction of sp³-hybridized carbons (Fsp3) is 0.0952. The number of carbonyl (C=O) groups excluding carboxylic acids is 2. The summed E-state index contributed by atoms with van der Waals surface area (Å²) in [6.45, 7) is 0.133. The van der Waals surface area contributed by atoms with E-state index in [1.165, 1.54) is 0 Å². The van der Waals surface area contributed by atoms with Crippen LogP contribution < -0.4 is 15.5 Å². The molecule has 1 heterocycles. The van der Waals surface area contributed by atoms with Gasteiger partial charge < -0.3 is 10.1 Å². The molecule has 0 unspecified atom stereocenters. The topological polar surface area (TPSA) is 101 Å². The first-order valence-corrected chi connectivity index (χ1v) is 8.37. The summed E-state index contributed by atoms with van der Waals surface area (Å²) >= 11 is 0. The molecule has 1 aromatic heterocycles. The van der Waals surface area contributed by atoms with E-state index in [1.807, 2.05) is 24.3 Å². The molecule has 0 aliphatic rings. The third-order valence-corrected chi connectivity index (χ3v) is 3.95. The second-order valence-electron chi connectivity index (χ2n) is 5.73. The molecule has 0 saturated carbocycles. The number of rotatable bonds is 4. The van der Waals surface area contributed by atoms with Gasteiger partial charge in [-0.15, -0.1) is 0 Å². The Morgan fingerprint density at radius 2 is 1.86 bits per heavy atom. The Hall–Kier alpha value is -3.89. The third-order valence-electron chi connectivity index (χ3n) is 3.95. The number of aromatic nitrogens is 1. The predicted molar refractivity (Wildman–Crippen MR) is 103 cm³/mol. The van der Waals surface area contributed by atoms with Gasteiger partial charge in [0.25, 0.3) is 11.8 Å². The second-order valence-corrected chi connectivity index (χ2v) is 5.73. The van der Waals surface area contributed by atoms with Gasteiger partial charge in [-0.25, -0.2) is 10.5 Å². The minimum atomic E-state index is -0.593. The van der Waals surface area contributed by atoms with Crippen molar-refractivity contribution in [2.75, 3.05) is 13.7 Å². The zero-order valence-corrected chi connectivity index (χ0v) is 15.0. The molecule has 0 atom stereocenters. The number of nitrogens with one attached hydrogen (secondary N) is 2. The van der Waals surface area contributed by atoms with Crippen LogP contribution in [0.1, 0.15) is 26.4 Å². The van der Waals surface area contributed by atoms with Crippen molar-refractivity contribution in [3.8, 4) is 17.6 Å². The van der Waals surface area contributed by atoms with Crippen molar-refractivity contribution in [1.29, 1.82) is 0 Å². The third kappa shape index (κ3) is 4.26. The lowest BCUT2D eigenvalue weighted by Crippen LogP contribution is -2.24. The Morgan fingerprint density at radius 1 is 1.11 bits per heavy atom. The van der Waals surface area contributed by atoms with E-state index in [-0.39, 0.29) is 18.1 Å².